The zero-order valence-corrected chi connectivity index (χ0v) is 16.1. The molecule has 3 heteroatoms. The van der Waals surface area contributed by atoms with Gasteiger partial charge in [-0.1, -0.05) is 58.0 Å². The maximum absolute atomic E-state index is 6.74. The lowest BCUT2D eigenvalue weighted by molar-refractivity contribution is 0.159. The van der Waals surface area contributed by atoms with Gasteiger partial charge in [0.05, 0.1) is 9.52 Å². The molecule has 0 aromatic heterocycles. The molecule has 1 aromatic rings. The average molecular weight is 295 g/mol. The first-order valence-electron chi connectivity index (χ1n) is 7.34. The average Bonchev–Trinajstić information content (AvgIpc) is 2.27. The van der Waals surface area contributed by atoms with Crippen molar-refractivity contribution in [2.45, 2.75) is 64.4 Å². The second-order valence-corrected chi connectivity index (χ2v) is 15.3. The molecule has 19 heavy (non-hydrogen) atoms. The molecule has 108 valence electrons. The molecule has 0 N–H and O–H groups in total. The van der Waals surface area contributed by atoms with Crippen molar-refractivity contribution in [2.24, 2.45) is 0 Å². The fraction of sp³-hybridized carbons (Fsp3) is 0.625. The summed E-state index contributed by atoms with van der Waals surface area (Å²) in [6.07, 6.45) is 1.12. The van der Waals surface area contributed by atoms with Gasteiger partial charge in [0.15, 0.2) is 0 Å². The summed E-state index contributed by atoms with van der Waals surface area (Å²) < 4.78 is 6.74. The maximum atomic E-state index is 6.74. The molecular formula is C16H30OSi2. The Hall–Kier alpha value is -0.386. The Balaban J connectivity index is 2.91. The van der Waals surface area contributed by atoms with Crippen molar-refractivity contribution in [3.05, 3.63) is 30.3 Å². The lowest BCUT2D eigenvalue weighted by Crippen LogP contribution is -2.54. The van der Waals surface area contributed by atoms with E-state index in [9.17, 15) is 0 Å². The standard InChI is InChI=1S/C16H30OSi2/c1-8-16(5,18-15(2,3)4)17-19(6,7)14-12-10-9-11-13-14/h9-13H,8,18H2,1-7H3. The summed E-state index contributed by atoms with van der Waals surface area (Å²) in [5.41, 5.74) is 0. The van der Waals surface area contributed by atoms with Gasteiger partial charge in [-0.15, -0.1) is 0 Å². The van der Waals surface area contributed by atoms with Gasteiger partial charge >= 0.3 is 0 Å². The highest BCUT2D eigenvalue weighted by Gasteiger charge is 2.37. The van der Waals surface area contributed by atoms with Gasteiger partial charge in [-0.05, 0) is 36.7 Å². The Morgan fingerprint density at radius 1 is 1.05 bits per heavy atom. The van der Waals surface area contributed by atoms with Crippen LogP contribution in [0.4, 0.5) is 0 Å². The van der Waals surface area contributed by atoms with Crippen LogP contribution >= 0.6 is 0 Å². The van der Waals surface area contributed by atoms with Crippen molar-refractivity contribution in [3.63, 3.8) is 0 Å². The molecular weight excluding hydrogens is 264 g/mol. The van der Waals surface area contributed by atoms with E-state index in [1.165, 1.54) is 5.19 Å². The van der Waals surface area contributed by atoms with Gasteiger partial charge in [0.2, 0.25) is 8.32 Å². The summed E-state index contributed by atoms with van der Waals surface area (Å²) in [5.74, 6) is 0. The minimum absolute atomic E-state index is 0.115. The third kappa shape index (κ3) is 5.24. The van der Waals surface area contributed by atoms with Crippen LogP contribution in [0.1, 0.15) is 41.0 Å². The molecule has 1 rings (SSSR count). The molecule has 0 saturated heterocycles. The summed E-state index contributed by atoms with van der Waals surface area (Å²) in [7, 11) is -2.11. The predicted octanol–water partition coefficient (Wildman–Crippen LogP) is 3.63. The summed E-state index contributed by atoms with van der Waals surface area (Å²) >= 11 is 0. The van der Waals surface area contributed by atoms with Crippen LogP contribution in [0.25, 0.3) is 0 Å². The second kappa shape index (κ2) is 5.94. The fourth-order valence-corrected chi connectivity index (χ4v) is 9.22. The van der Waals surface area contributed by atoms with E-state index in [4.69, 9.17) is 4.43 Å². The molecule has 1 unspecified atom stereocenters. The summed E-state index contributed by atoms with van der Waals surface area (Å²) in [5, 5.41) is 1.95. The topological polar surface area (TPSA) is 9.23 Å². The van der Waals surface area contributed by atoms with Gasteiger partial charge in [-0.2, -0.15) is 0 Å². The predicted molar refractivity (Wildman–Crippen MR) is 91.6 cm³/mol. The monoisotopic (exact) mass is 294 g/mol. The van der Waals surface area contributed by atoms with Crippen molar-refractivity contribution in [1.29, 1.82) is 0 Å². The first-order valence-corrected chi connectivity index (χ1v) is 11.7. The van der Waals surface area contributed by atoms with E-state index in [1.54, 1.807) is 0 Å². The first kappa shape index (κ1) is 16.7. The van der Waals surface area contributed by atoms with Crippen LogP contribution in [-0.4, -0.2) is 23.1 Å². The number of hydrogen-bond acceptors (Lipinski definition) is 1. The summed E-state index contributed by atoms with van der Waals surface area (Å²) in [6.45, 7) is 16.3. The summed E-state index contributed by atoms with van der Waals surface area (Å²) in [6, 6.07) is 10.8. The van der Waals surface area contributed by atoms with Crippen molar-refractivity contribution in [2.75, 3.05) is 0 Å². The SMILES string of the molecule is CCC(C)(O[Si](C)(C)c1ccccc1)[SiH2]C(C)(C)C. The van der Waals surface area contributed by atoms with Crippen molar-refractivity contribution in [3.8, 4) is 0 Å². The van der Waals surface area contributed by atoms with E-state index < -0.39 is 8.32 Å². The molecule has 0 spiro atoms. The minimum Gasteiger partial charge on any atom is -0.411 e. The van der Waals surface area contributed by atoms with Gasteiger partial charge in [0, 0.05) is 5.22 Å². The maximum Gasteiger partial charge on any atom is 0.218 e. The Labute approximate surface area is 122 Å². The fourth-order valence-electron chi connectivity index (χ4n) is 2.87. The zero-order valence-electron chi connectivity index (χ0n) is 13.7. The molecule has 0 aliphatic heterocycles. The van der Waals surface area contributed by atoms with E-state index in [0.717, 1.165) is 6.42 Å². The Morgan fingerprint density at radius 2 is 1.58 bits per heavy atom. The van der Waals surface area contributed by atoms with Crippen LogP contribution in [0.5, 0.6) is 0 Å². The number of hydrogen-bond donors (Lipinski definition) is 0. The molecule has 1 nitrogen and oxygen atoms in total. The highest BCUT2D eigenvalue weighted by molar-refractivity contribution is 6.84. The van der Waals surface area contributed by atoms with Crippen molar-refractivity contribution in [1.82, 2.24) is 0 Å². The van der Waals surface area contributed by atoms with Crippen LogP contribution in [0.3, 0.4) is 0 Å². The van der Waals surface area contributed by atoms with Crippen LogP contribution in [0.2, 0.25) is 18.1 Å². The number of benzene rings is 1. The third-order valence-corrected chi connectivity index (χ3v) is 9.09. The van der Waals surface area contributed by atoms with E-state index in [-0.39, 0.29) is 14.7 Å². The largest absolute Gasteiger partial charge is 0.411 e. The van der Waals surface area contributed by atoms with Gasteiger partial charge < -0.3 is 4.43 Å². The molecule has 1 atom stereocenters. The van der Waals surface area contributed by atoms with Crippen LogP contribution in [0.15, 0.2) is 30.3 Å². The van der Waals surface area contributed by atoms with E-state index in [2.05, 4.69) is 78.0 Å². The van der Waals surface area contributed by atoms with Gasteiger partial charge in [0.25, 0.3) is 0 Å². The Bertz CT molecular complexity index is 395. The molecule has 0 radical (unpaired) electrons. The van der Waals surface area contributed by atoms with E-state index in [1.807, 2.05) is 0 Å². The van der Waals surface area contributed by atoms with Crippen molar-refractivity contribution >= 4 is 23.0 Å². The number of rotatable bonds is 5. The molecule has 0 fully saturated rings. The molecule has 0 amide bonds. The highest BCUT2D eigenvalue weighted by atomic mass is 28.4. The van der Waals surface area contributed by atoms with E-state index >= 15 is 0 Å². The van der Waals surface area contributed by atoms with Gasteiger partial charge in [-0.3, -0.25) is 0 Å². The molecule has 0 aliphatic carbocycles. The normalized spacial score (nSPS) is 16.8. The Kier molecular flexibility index (Phi) is 5.21. The van der Waals surface area contributed by atoms with E-state index in [0.29, 0.717) is 5.04 Å². The highest BCUT2D eigenvalue weighted by Crippen LogP contribution is 2.31. The Morgan fingerprint density at radius 3 is 2.00 bits per heavy atom. The lowest BCUT2D eigenvalue weighted by Gasteiger charge is -2.41. The third-order valence-electron chi connectivity index (χ3n) is 3.62. The molecule has 1 aromatic carbocycles. The first-order chi connectivity index (χ1) is 8.58. The van der Waals surface area contributed by atoms with Crippen LogP contribution in [-0.2, 0) is 4.43 Å². The quantitative estimate of drug-likeness (QED) is 0.754. The smallest absolute Gasteiger partial charge is 0.218 e. The zero-order chi connectivity index (χ0) is 14.7. The molecule has 0 heterocycles. The lowest BCUT2D eigenvalue weighted by atomic mass is 10.2. The minimum atomic E-state index is -1.80. The van der Waals surface area contributed by atoms with Gasteiger partial charge in [-0.25, -0.2) is 0 Å². The molecule has 0 saturated carbocycles. The molecule has 0 bridgehead atoms. The van der Waals surface area contributed by atoms with Crippen LogP contribution < -0.4 is 5.19 Å². The molecule has 0 aliphatic rings. The van der Waals surface area contributed by atoms with Crippen LogP contribution in [0, 0.1) is 0 Å². The second-order valence-electron chi connectivity index (χ2n) is 7.52. The van der Waals surface area contributed by atoms with Gasteiger partial charge in [0.1, 0.15) is 0 Å². The summed E-state index contributed by atoms with van der Waals surface area (Å²) in [4.78, 5) is 0. The van der Waals surface area contributed by atoms with Crippen molar-refractivity contribution < 1.29 is 4.43 Å².